The third kappa shape index (κ3) is 2.20. The third-order valence-corrected chi connectivity index (χ3v) is 3.35. The zero-order valence-electron chi connectivity index (χ0n) is 7.73. The highest BCUT2D eigenvalue weighted by molar-refractivity contribution is 7.99. The van der Waals surface area contributed by atoms with Crippen LogP contribution in [-0.2, 0) is 9.53 Å². The van der Waals surface area contributed by atoms with Crippen molar-refractivity contribution >= 4 is 17.7 Å². The van der Waals surface area contributed by atoms with Gasteiger partial charge in [-0.25, -0.2) is 0 Å². The normalized spacial score (nSPS) is 37.4. The summed E-state index contributed by atoms with van der Waals surface area (Å²) in [4.78, 5) is 11.6. The van der Waals surface area contributed by atoms with Crippen molar-refractivity contribution in [3.63, 3.8) is 0 Å². The van der Waals surface area contributed by atoms with Crippen LogP contribution in [0.5, 0.6) is 0 Å². The summed E-state index contributed by atoms with van der Waals surface area (Å²) in [5, 5.41) is 15.3. The second-order valence-corrected chi connectivity index (χ2v) is 4.52. The van der Waals surface area contributed by atoms with E-state index in [-0.39, 0.29) is 18.0 Å². The molecule has 0 saturated carbocycles. The quantitative estimate of drug-likeness (QED) is 0.527. The Bertz CT molecular complexity index is 221. The standard InChI is InChI=1S/C8H14N2O3S/c11-7-2-13-1-5(7)10-8(12)6-3-14-4-9-6/h5-7,9,11H,1-4H2,(H,10,12)/t5-,6?,7-/m1/s1. The molecule has 3 N–H and O–H groups in total. The molecule has 0 aromatic rings. The third-order valence-electron chi connectivity index (χ3n) is 2.41. The fourth-order valence-corrected chi connectivity index (χ4v) is 2.47. The molecule has 6 heteroatoms. The van der Waals surface area contributed by atoms with Crippen molar-refractivity contribution in [3.8, 4) is 0 Å². The van der Waals surface area contributed by atoms with E-state index < -0.39 is 6.10 Å². The van der Waals surface area contributed by atoms with Crippen molar-refractivity contribution in [2.45, 2.75) is 18.2 Å². The van der Waals surface area contributed by atoms with Crippen molar-refractivity contribution in [1.29, 1.82) is 0 Å². The second kappa shape index (κ2) is 4.48. The van der Waals surface area contributed by atoms with E-state index in [0.29, 0.717) is 13.2 Å². The zero-order valence-corrected chi connectivity index (χ0v) is 8.55. The predicted octanol–water partition coefficient (Wildman–Crippen LogP) is -1.48. The summed E-state index contributed by atoms with van der Waals surface area (Å²) < 4.78 is 5.04. The fourth-order valence-electron chi connectivity index (χ4n) is 1.53. The summed E-state index contributed by atoms with van der Waals surface area (Å²) in [6.07, 6.45) is -0.562. The number of carbonyl (C=O) groups is 1. The smallest absolute Gasteiger partial charge is 0.238 e. The lowest BCUT2D eigenvalue weighted by Gasteiger charge is -2.17. The van der Waals surface area contributed by atoms with E-state index in [9.17, 15) is 9.90 Å². The Kier molecular flexibility index (Phi) is 3.27. The molecule has 1 unspecified atom stereocenters. The Morgan fingerprint density at radius 2 is 2.43 bits per heavy atom. The van der Waals surface area contributed by atoms with Crippen molar-refractivity contribution in [2.24, 2.45) is 0 Å². The molecule has 2 aliphatic heterocycles. The highest BCUT2D eigenvalue weighted by Crippen LogP contribution is 2.11. The Balaban J connectivity index is 1.81. The maximum absolute atomic E-state index is 11.6. The number of ether oxygens (including phenoxy) is 1. The predicted molar refractivity (Wildman–Crippen MR) is 53.0 cm³/mol. The minimum absolute atomic E-state index is 0.0375. The van der Waals surface area contributed by atoms with Crippen LogP contribution in [0.3, 0.4) is 0 Å². The minimum Gasteiger partial charge on any atom is -0.388 e. The van der Waals surface area contributed by atoms with Crippen LogP contribution >= 0.6 is 11.8 Å². The van der Waals surface area contributed by atoms with Crippen LogP contribution in [0.4, 0.5) is 0 Å². The SMILES string of the molecule is O=C(N[C@@H]1COC[C@H]1O)C1CSCN1. The number of hydrogen-bond acceptors (Lipinski definition) is 5. The van der Waals surface area contributed by atoms with Crippen LogP contribution in [0.2, 0.25) is 0 Å². The van der Waals surface area contributed by atoms with Crippen LogP contribution in [0, 0.1) is 0 Å². The molecule has 0 radical (unpaired) electrons. The Morgan fingerprint density at radius 3 is 3.00 bits per heavy atom. The van der Waals surface area contributed by atoms with Gasteiger partial charge in [-0.15, -0.1) is 11.8 Å². The van der Waals surface area contributed by atoms with Crippen LogP contribution in [0.25, 0.3) is 0 Å². The van der Waals surface area contributed by atoms with Gasteiger partial charge in [-0.3, -0.25) is 10.1 Å². The molecule has 0 aromatic carbocycles. The molecule has 2 saturated heterocycles. The molecule has 0 bridgehead atoms. The van der Waals surface area contributed by atoms with E-state index in [1.165, 1.54) is 0 Å². The Morgan fingerprint density at radius 1 is 1.57 bits per heavy atom. The molecule has 14 heavy (non-hydrogen) atoms. The van der Waals surface area contributed by atoms with Crippen LogP contribution < -0.4 is 10.6 Å². The summed E-state index contributed by atoms with van der Waals surface area (Å²) in [6.45, 7) is 0.727. The topological polar surface area (TPSA) is 70.6 Å². The lowest BCUT2D eigenvalue weighted by molar-refractivity contribution is -0.123. The highest BCUT2D eigenvalue weighted by atomic mass is 32.2. The van der Waals surface area contributed by atoms with E-state index >= 15 is 0 Å². The first kappa shape index (κ1) is 10.2. The number of aliphatic hydroxyl groups excluding tert-OH is 1. The molecule has 5 nitrogen and oxygen atoms in total. The average Bonchev–Trinajstić information content (AvgIpc) is 2.77. The van der Waals surface area contributed by atoms with Gasteiger partial charge < -0.3 is 15.2 Å². The number of carbonyl (C=O) groups excluding carboxylic acids is 1. The summed E-state index contributed by atoms with van der Waals surface area (Å²) in [5.41, 5.74) is 0. The first-order chi connectivity index (χ1) is 6.77. The largest absolute Gasteiger partial charge is 0.388 e. The molecule has 0 aromatic heterocycles. The molecule has 2 aliphatic rings. The molecular formula is C8H14N2O3S. The van der Waals surface area contributed by atoms with E-state index in [4.69, 9.17) is 4.74 Å². The molecule has 2 fully saturated rings. The van der Waals surface area contributed by atoms with Gasteiger partial charge in [-0.05, 0) is 0 Å². The molecule has 2 heterocycles. The minimum atomic E-state index is -0.562. The Labute approximate surface area is 86.6 Å². The van der Waals surface area contributed by atoms with Gasteiger partial charge in [0.05, 0.1) is 31.4 Å². The molecule has 0 spiro atoms. The fraction of sp³-hybridized carbons (Fsp3) is 0.875. The van der Waals surface area contributed by atoms with Crippen LogP contribution in [-0.4, -0.2) is 54.0 Å². The van der Waals surface area contributed by atoms with Gasteiger partial charge in [0, 0.05) is 11.6 Å². The van der Waals surface area contributed by atoms with Crippen molar-refractivity contribution in [1.82, 2.24) is 10.6 Å². The molecule has 3 atom stereocenters. The van der Waals surface area contributed by atoms with Gasteiger partial charge in [0.1, 0.15) is 0 Å². The maximum atomic E-state index is 11.6. The monoisotopic (exact) mass is 218 g/mol. The van der Waals surface area contributed by atoms with Crippen LogP contribution in [0.15, 0.2) is 0 Å². The number of aliphatic hydroxyl groups is 1. The van der Waals surface area contributed by atoms with Gasteiger partial charge in [-0.1, -0.05) is 0 Å². The number of amides is 1. The highest BCUT2D eigenvalue weighted by Gasteiger charge is 2.30. The van der Waals surface area contributed by atoms with Crippen molar-refractivity contribution in [3.05, 3.63) is 0 Å². The summed E-state index contributed by atoms with van der Waals surface area (Å²) in [5.74, 6) is 1.58. The summed E-state index contributed by atoms with van der Waals surface area (Å²) in [7, 11) is 0. The van der Waals surface area contributed by atoms with Crippen molar-refractivity contribution < 1.29 is 14.6 Å². The average molecular weight is 218 g/mol. The lowest BCUT2D eigenvalue weighted by atomic mass is 10.2. The second-order valence-electron chi connectivity index (χ2n) is 3.49. The molecule has 1 amide bonds. The first-order valence-electron chi connectivity index (χ1n) is 4.64. The number of nitrogens with one attached hydrogen (secondary N) is 2. The lowest BCUT2D eigenvalue weighted by Crippen LogP contribution is -2.50. The van der Waals surface area contributed by atoms with E-state index in [1.807, 2.05) is 0 Å². The summed E-state index contributed by atoms with van der Waals surface area (Å²) in [6, 6.07) is -0.359. The number of rotatable bonds is 2. The van der Waals surface area contributed by atoms with E-state index in [2.05, 4.69) is 10.6 Å². The Hall–Kier alpha value is -0.300. The maximum Gasteiger partial charge on any atom is 0.238 e. The molecule has 2 rings (SSSR count). The summed E-state index contributed by atoms with van der Waals surface area (Å²) >= 11 is 1.70. The van der Waals surface area contributed by atoms with Crippen LogP contribution in [0.1, 0.15) is 0 Å². The number of hydrogen-bond donors (Lipinski definition) is 3. The van der Waals surface area contributed by atoms with Gasteiger partial charge in [0.2, 0.25) is 5.91 Å². The van der Waals surface area contributed by atoms with E-state index in [1.54, 1.807) is 11.8 Å². The van der Waals surface area contributed by atoms with Gasteiger partial charge >= 0.3 is 0 Å². The van der Waals surface area contributed by atoms with Gasteiger partial charge in [0.15, 0.2) is 0 Å². The van der Waals surface area contributed by atoms with Crippen molar-refractivity contribution in [2.75, 3.05) is 24.8 Å². The first-order valence-corrected chi connectivity index (χ1v) is 5.80. The van der Waals surface area contributed by atoms with E-state index in [0.717, 1.165) is 11.6 Å². The molecule has 0 aliphatic carbocycles. The molecule has 80 valence electrons. The molecular weight excluding hydrogens is 204 g/mol. The zero-order chi connectivity index (χ0) is 9.97. The number of thioether (sulfide) groups is 1. The van der Waals surface area contributed by atoms with Gasteiger partial charge in [-0.2, -0.15) is 0 Å². The van der Waals surface area contributed by atoms with Gasteiger partial charge in [0.25, 0.3) is 0 Å².